The van der Waals surface area contributed by atoms with Crippen molar-refractivity contribution < 1.29 is 9.26 Å². The average molecular weight is 287 g/mol. The van der Waals surface area contributed by atoms with Crippen molar-refractivity contribution >= 4 is 5.69 Å². The maximum atomic E-state index is 5.80. The highest BCUT2D eigenvalue weighted by Crippen LogP contribution is 2.34. The molecule has 2 aromatic rings. The Morgan fingerprint density at radius 1 is 1.38 bits per heavy atom. The molecular formula is C16H21N3O2. The first-order valence-corrected chi connectivity index (χ1v) is 7.48. The van der Waals surface area contributed by atoms with Gasteiger partial charge < -0.3 is 14.6 Å². The summed E-state index contributed by atoms with van der Waals surface area (Å²) in [5.41, 5.74) is 1.94. The van der Waals surface area contributed by atoms with Crippen molar-refractivity contribution in [1.29, 1.82) is 0 Å². The van der Waals surface area contributed by atoms with E-state index in [2.05, 4.69) is 34.5 Å². The highest BCUT2D eigenvalue weighted by molar-refractivity contribution is 5.56. The van der Waals surface area contributed by atoms with Crippen LogP contribution in [0.5, 0.6) is 0 Å². The van der Waals surface area contributed by atoms with Gasteiger partial charge in [-0.1, -0.05) is 30.3 Å². The summed E-state index contributed by atoms with van der Waals surface area (Å²) in [4.78, 5) is 4.57. The number of ether oxygens (including phenoxy) is 1. The van der Waals surface area contributed by atoms with Gasteiger partial charge in [-0.05, 0) is 31.9 Å². The fourth-order valence-corrected chi connectivity index (χ4v) is 2.68. The minimum atomic E-state index is -0.484. The smallest absolute Gasteiger partial charge is 0.249 e. The lowest BCUT2D eigenvalue weighted by molar-refractivity contribution is -0.0403. The Kier molecular flexibility index (Phi) is 3.68. The van der Waals surface area contributed by atoms with Crippen LogP contribution in [0.1, 0.15) is 50.5 Å². The molecule has 0 saturated carbocycles. The quantitative estimate of drug-likeness (QED) is 0.912. The number of hydrogen-bond acceptors (Lipinski definition) is 5. The number of nitrogens with one attached hydrogen (secondary N) is 1. The third-order valence-corrected chi connectivity index (χ3v) is 4.12. The Bertz CT molecular complexity index is 600. The first-order valence-electron chi connectivity index (χ1n) is 7.48. The van der Waals surface area contributed by atoms with Crippen LogP contribution in [0.4, 0.5) is 5.69 Å². The third kappa shape index (κ3) is 2.53. The lowest BCUT2D eigenvalue weighted by Gasteiger charge is -2.23. The van der Waals surface area contributed by atoms with Gasteiger partial charge in [0, 0.05) is 18.7 Å². The molecule has 0 radical (unpaired) electrons. The second kappa shape index (κ2) is 5.48. The lowest BCUT2D eigenvalue weighted by Crippen LogP contribution is -2.26. The zero-order chi connectivity index (χ0) is 14.9. The second-order valence-corrected chi connectivity index (χ2v) is 5.53. The van der Waals surface area contributed by atoms with Crippen LogP contribution in [-0.4, -0.2) is 16.7 Å². The molecule has 21 heavy (non-hydrogen) atoms. The monoisotopic (exact) mass is 287 g/mol. The Hall–Kier alpha value is -1.88. The van der Waals surface area contributed by atoms with Crippen LogP contribution in [0.15, 0.2) is 28.8 Å². The molecule has 5 nitrogen and oxygen atoms in total. The molecular weight excluding hydrogens is 266 g/mol. The SMILES string of the molecule is CCOC(C)(CC)c1noc(C2Cc3ccccc3N2)n1. The molecule has 0 aliphatic carbocycles. The molecule has 1 aliphatic heterocycles. The molecule has 2 heterocycles. The highest BCUT2D eigenvalue weighted by atomic mass is 16.5. The van der Waals surface area contributed by atoms with Crippen LogP contribution in [0, 0.1) is 0 Å². The molecule has 1 aromatic carbocycles. The van der Waals surface area contributed by atoms with E-state index < -0.39 is 5.60 Å². The first kappa shape index (κ1) is 14.1. The van der Waals surface area contributed by atoms with Crippen LogP contribution in [0.2, 0.25) is 0 Å². The van der Waals surface area contributed by atoms with Gasteiger partial charge in [0.15, 0.2) is 0 Å². The Morgan fingerprint density at radius 2 is 2.19 bits per heavy atom. The number of para-hydroxylation sites is 1. The molecule has 1 aliphatic rings. The third-order valence-electron chi connectivity index (χ3n) is 4.12. The summed E-state index contributed by atoms with van der Waals surface area (Å²) in [5.74, 6) is 1.25. The molecule has 0 bridgehead atoms. The van der Waals surface area contributed by atoms with Gasteiger partial charge in [0.1, 0.15) is 11.6 Å². The average Bonchev–Trinajstić information content (AvgIpc) is 3.14. The molecule has 0 amide bonds. The van der Waals surface area contributed by atoms with Crippen LogP contribution in [0.25, 0.3) is 0 Å². The summed E-state index contributed by atoms with van der Waals surface area (Å²) in [6.45, 7) is 6.67. The van der Waals surface area contributed by atoms with Crippen LogP contribution >= 0.6 is 0 Å². The molecule has 0 fully saturated rings. The predicted octanol–water partition coefficient (Wildman–Crippen LogP) is 3.44. The van der Waals surface area contributed by atoms with E-state index in [9.17, 15) is 0 Å². The van der Waals surface area contributed by atoms with Crippen molar-refractivity contribution in [2.75, 3.05) is 11.9 Å². The van der Waals surface area contributed by atoms with Gasteiger partial charge in [-0.2, -0.15) is 4.98 Å². The summed E-state index contributed by atoms with van der Waals surface area (Å²) < 4.78 is 11.3. The van der Waals surface area contributed by atoms with E-state index in [0.29, 0.717) is 18.3 Å². The zero-order valence-electron chi connectivity index (χ0n) is 12.7. The summed E-state index contributed by atoms with van der Waals surface area (Å²) in [5, 5.41) is 7.56. The summed E-state index contributed by atoms with van der Waals surface area (Å²) in [6, 6.07) is 8.31. The van der Waals surface area contributed by atoms with Crippen molar-refractivity contribution in [3.05, 3.63) is 41.5 Å². The number of hydrogen-bond donors (Lipinski definition) is 1. The van der Waals surface area contributed by atoms with Gasteiger partial charge in [-0.15, -0.1) is 0 Å². The minimum Gasteiger partial charge on any atom is -0.373 e. The van der Waals surface area contributed by atoms with Gasteiger partial charge in [-0.3, -0.25) is 0 Å². The van der Waals surface area contributed by atoms with Gasteiger partial charge in [0.2, 0.25) is 11.7 Å². The topological polar surface area (TPSA) is 60.2 Å². The second-order valence-electron chi connectivity index (χ2n) is 5.53. The van der Waals surface area contributed by atoms with Gasteiger partial charge in [-0.25, -0.2) is 0 Å². The largest absolute Gasteiger partial charge is 0.373 e. The fourth-order valence-electron chi connectivity index (χ4n) is 2.68. The molecule has 1 aromatic heterocycles. The van der Waals surface area contributed by atoms with Gasteiger partial charge >= 0.3 is 0 Å². The number of rotatable bonds is 5. The van der Waals surface area contributed by atoms with Crippen molar-refractivity contribution in [2.24, 2.45) is 0 Å². The highest BCUT2D eigenvalue weighted by Gasteiger charge is 2.33. The van der Waals surface area contributed by atoms with Gasteiger partial charge in [0.05, 0.1) is 0 Å². The zero-order valence-corrected chi connectivity index (χ0v) is 12.7. The lowest BCUT2D eigenvalue weighted by atomic mass is 10.0. The van der Waals surface area contributed by atoms with Crippen molar-refractivity contribution in [1.82, 2.24) is 10.1 Å². The maximum absolute atomic E-state index is 5.80. The standard InChI is InChI=1S/C16H21N3O2/c1-4-16(3,20-5-2)15-18-14(21-19-15)13-10-11-8-6-7-9-12(11)17-13/h6-9,13,17H,4-5,10H2,1-3H3. The number of benzene rings is 1. The molecule has 2 atom stereocenters. The Labute approximate surface area is 124 Å². The van der Waals surface area contributed by atoms with E-state index in [1.165, 1.54) is 5.56 Å². The molecule has 3 rings (SSSR count). The van der Waals surface area contributed by atoms with Crippen LogP contribution < -0.4 is 5.32 Å². The van der Waals surface area contributed by atoms with E-state index in [0.717, 1.165) is 18.5 Å². The predicted molar refractivity (Wildman–Crippen MR) is 80.1 cm³/mol. The molecule has 0 spiro atoms. The molecule has 112 valence electrons. The number of nitrogens with zero attached hydrogens (tertiary/aromatic N) is 2. The molecule has 5 heteroatoms. The van der Waals surface area contributed by atoms with E-state index >= 15 is 0 Å². The maximum Gasteiger partial charge on any atom is 0.249 e. The number of anilines is 1. The fraction of sp³-hybridized carbons (Fsp3) is 0.500. The van der Waals surface area contributed by atoms with Gasteiger partial charge in [0.25, 0.3) is 0 Å². The van der Waals surface area contributed by atoms with Crippen molar-refractivity contribution in [2.45, 2.75) is 45.3 Å². The summed E-state index contributed by atoms with van der Waals surface area (Å²) in [7, 11) is 0. The summed E-state index contributed by atoms with van der Waals surface area (Å²) >= 11 is 0. The molecule has 0 saturated heterocycles. The number of aromatic nitrogens is 2. The van der Waals surface area contributed by atoms with Crippen LogP contribution in [-0.2, 0) is 16.8 Å². The van der Waals surface area contributed by atoms with E-state index in [1.54, 1.807) is 0 Å². The molecule has 1 N–H and O–H groups in total. The minimum absolute atomic E-state index is 0.0476. The van der Waals surface area contributed by atoms with E-state index in [4.69, 9.17) is 9.26 Å². The van der Waals surface area contributed by atoms with E-state index in [1.807, 2.05) is 26.0 Å². The van der Waals surface area contributed by atoms with Crippen molar-refractivity contribution in [3.8, 4) is 0 Å². The summed E-state index contributed by atoms with van der Waals surface area (Å²) in [6.07, 6.45) is 1.67. The Morgan fingerprint density at radius 3 is 2.90 bits per heavy atom. The Balaban J connectivity index is 1.81. The van der Waals surface area contributed by atoms with E-state index in [-0.39, 0.29) is 6.04 Å². The molecule has 2 unspecified atom stereocenters. The first-order chi connectivity index (χ1) is 10.2. The number of fused-ring (bicyclic) bond motifs is 1. The van der Waals surface area contributed by atoms with Crippen molar-refractivity contribution in [3.63, 3.8) is 0 Å². The van der Waals surface area contributed by atoms with Crippen LogP contribution in [0.3, 0.4) is 0 Å². The normalized spacial score (nSPS) is 19.9.